The number of carbonyl (C=O) groups is 3. The minimum atomic E-state index is -0.748. The van der Waals surface area contributed by atoms with Gasteiger partial charge < -0.3 is 19.1 Å². The number of aromatic nitrogens is 3. The van der Waals surface area contributed by atoms with Crippen molar-refractivity contribution in [3.05, 3.63) is 52.7 Å². The highest BCUT2D eigenvalue weighted by Crippen LogP contribution is 2.44. The van der Waals surface area contributed by atoms with Gasteiger partial charge in [0.25, 0.3) is 0 Å². The van der Waals surface area contributed by atoms with Crippen molar-refractivity contribution in [3.8, 4) is 11.3 Å². The van der Waals surface area contributed by atoms with Crippen LogP contribution in [0.15, 0.2) is 36.5 Å². The number of ether oxygens (including phenoxy) is 3. The smallest absolute Gasteiger partial charge is 0.435 e. The van der Waals surface area contributed by atoms with Crippen molar-refractivity contribution in [1.29, 1.82) is 0 Å². The minimum absolute atomic E-state index is 0.00270. The molecule has 0 saturated carbocycles. The number of rotatable bonds is 3. The van der Waals surface area contributed by atoms with Gasteiger partial charge >= 0.3 is 18.3 Å². The molecule has 1 fully saturated rings. The lowest BCUT2D eigenvalue weighted by Gasteiger charge is -2.33. The molecule has 0 radical (unpaired) electrons. The van der Waals surface area contributed by atoms with Gasteiger partial charge in [0.1, 0.15) is 16.8 Å². The first-order valence-corrected chi connectivity index (χ1v) is 17.3. The number of carbonyl (C=O) groups excluding carboxylic acids is 3. The number of benzene rings is 2. The summed E-state index contributed by atoms with van der Waals surface area (Å²) in [7, 11) is 0. The average molecular weight is 693 g/mol. The van der Waals surface area contributed by atoms with Gasteiger partial charge in [-0.25, -0.2) is 19.0 Å². The van der Waals surface area contributed by atoms with Crippen molar-refractivity contribution in [2.45, 2.75) is 118 Å². The van der Waals surface area contributed by atoms with Crippen molar-refractivity contribution < 1.29 is 28.6 Å². The highest BCUT2D eigenvalue weighted by Gasteiger charge is 2.32. The van der Waals surface area contributed by atoms with Crippen LogP contribution in [0.2, 0.25) is 5.02 Å². The van der Waals surface area contributed by atoms with Crippen LogP contribution in [0.4, 0.5) is 14.4 Å². The number of hydrogen-bond acceptors (Lipinski definition) is 7. The number of hydrogen-bond donors (Lipinski definition) is 0. The van der Waals surface area contributed by atoms with Crippen molar-refractivity contribution in [2.24, 2.45) is 0 Å². The fourth-order valence-corrected chi connectivity index (χ4v) is 6.65. The first kappa shape index (κ1) is 36.2. The summed E-state index contributed by atoms with van der Waals surface area (Å²) in [5.74, 6) is 0.225. The zero-order valence-electron chi connectivity index (χ0n) is 30.6. The fourth-order valence-electron chi connectivity index (χ4n) is 6.41. The van der Waals surface area contributed by atoms with Crippen LogP contribution in [0, 0.1) is 0 Å². The summed E-state index contributed by atoms with van der Waals surface area (Å²) >= 11 is 6.72. The lowest BCUT2D eigenvalue weighted by molar-refractivity contribution is 0.0204. The summed E-state index contributed by atoms with van der Waals surface area (Å²) in [5.41, 5.74) is 2.52. The second kappa shape index (κ2) is 13.0. The van der Waals surface area contributed by atoms with Gasteiger partial charge in [-0.3, -0.25) is 0 Å². The second-order valence-electron chi connectivity index (χ2n) is 16.1. The van der Waals surface area contributed by atoms with E-state index in [0.29, 0.717) is 45.8 Å². The average Bonchev–Trinajstić information content (AvgIpc) is 3.55. The Labute approximate surface area is 293 Å². The van der Waals surface area contributed by atoms with Crippen LogP contribution in [-0.4, -0.2) is 67.4 Å². The topological polar surface area (TPSA) is 105 Å². The molecule has 0 N–H and O–H groups in total. The normalized spacial score (nSPS) is 14.9. The lowest BCUT2D eigenvalue weighted by Crippen LogP contribution is -2.41. The van der Waals surface area contributed by atoms with Gasteiger partial charge in [0.15, 0.2) is 0 Å². The van der Waals surface area contributed by atoms with Gasteiger partial charge in [-0.05, 0) is 116 Å². The van der Waals surface area contributed by atoms with Crippen molar-refractivity contribution in [2.75, 3.05) is 13.1 Å². The van der Waals surface area contributed by atoms with E-state index >= 15 is 0 Å². The quantitative estimate of drug-likeness (QED) is 0.197. The molecule has 1 saturated heterocycles. The van der Waals surface area contributed by atoms with E-state index < -0.39 is 29.0 Å². The summed E-state index contributed by atoms with van der Waals surface area (Å²) in [5, 5.41) is 6.26. The third-order valence-electron chi connectivity index (χ3n) is 8.31. The summed E-state index contributed by atoms with van der Waals surface area (Å²) in [6, 6.07) is 9.82. The fraction of sp³-hybridized carbons (Fsp3) is 0.526. The number of fused-ring (bicyclic) bond motifs is 2. The zero-order valence-corrected chi connectivity index (χ0v) is 31.3. The Balaban J connectivity index is 1.66. The van der Waals surface area contributed by atoms with Crippen molar-refractivity contribution in [3.63, 3.8) is 0 Å². The molecule has 1 aliphatic heterocycles. The molecule has 0 atom stereocenters. The zero-order chi connectivity index (χ0) is 36.2. The van der Waals surface area contributed by atoms with E-state index in [1.807, 2.05) is 53.7 Å². The van der Waals surface area contributed by atoms with E-state index in [1.165, 1.54) is 4.68 Å². The lowest BCUT2D eigenvalue weighted by atomic mass is 9.87. The third-order valence-corrected chi connectivity index (χ3v) is 8.61. The molecule has 2 aromatic carbocycles. The molecule has 5 rings (SSSR count). The van der Waals surface area contributed by atoms with Crippen molar-refractivity contribution in [1.82, 2.24) is 19.2 Å². The van der Waals surface area contributed by atoms with Crippen LogP contribution in [0.5, 0.6) is 0 Å². The molecular weight excluding hydrogens is 644 g/mol. The summed E-state index contributed by atoms with van der Waals surface area (Å²) < 4.78 is 20.0. The Morgan fingerprint density at radius 3 is 1.94 bits per heavy atom. The van der Waals surface area contributed by atoms with E-state index in [9.17, 15) is 14.4 Å². The molecule has 11 heteroatoms. The summed E-state index contributed by atoms with van der Waals surface area (Å²) in [4.78, 5) is 41.8. The van der Waals surface area contributed by atoms with Crippen LogP contribution in [-0.2, 0) is 14.2 Å². The van der Waals surface area contributed by atoms with Crippen LogP contribution in [0.1, 0.15) is 112 Å². The first-order valence-electron chi connectivity index (χ1n) is 16.9. The Kier molecular flexibility index (Phi) is 9.62. The number of halogens is 1. The van der Waals surface area contributed by atoms with E-state index in [4.69, 9.17) is 25.8 Å². The molecule has 1 amide bonds. The Morgan fingerprint density at radius 1 is 0.796 bits per heavy atom. The molecule has 0 spiro atoms. The van der Waals surface area contributed by atoms with Crippen LogP contribution >= 0.6 is 11.6 Å². The second-order valence-corrected chi connectivity index (χ2v) is 16.6. The van der Waals surface area contributed by atoms with Gasteiger partial charge in [0.2, 0.25) is 0 Å². The van der Waals surface area contributed by atoms with E-state index in [2.05, 4.69) is 31.1 Å². The molecule has 2 aromatic heterocycles. The van der Waals surface area contributed by atoms with Crippen molar-refractivity contribution >= 4 is 51.7 Å². The molecule has 49 heavy (non-hydrogen) atoms. The Morgan fingerprint density at radius 2 is 1.37 bits per heavy atom. The maximum absolute atomic E-state index is 14.1. The number of likely N-dealkylation sites (tertiary alicyclic amines) is 1. The molecule has 0 unspecified atom stereocenters. The highest BCUT2D eigenvalue weighted by molar-refractivity contribution is 6.36. The predicted molar refractivity (Wildman–Crippen MR) is 193 cm³/mol. The maximum atomic E-state index is 14.1. The number of piperidine rings is 1. The van der Waals surface area contributed by atoms with Gasteiger partial charge in [0.05, 0.1) is 27.9 Å². The van der Waals surface area contributed by atoms with Gasteiger partial charge in [-0.15, -0.1) is 0 Å². The standard InChI is InChI=1S/C38H49ClN4O6/c1-22(2)30-26-20-24(23-16-18-41(19-17-23)33(44)47-36(3,4)5)12-15-29(26)42(34(45)48-37(6,7)8)32(30)25-13-14-28(39)31-27(25)21-40-43(31)35(46)49-38(9,10)11/h12-15,20-23H,16-19H2,1-11H3. The van der Waals surface area contributed by atoms with Gasteiger partial charge in [-0.1, -0.05) is 37.6 Å². The number of amides is 1. The van der Waals surface area contributed by atoms with Crippen LogP contribution in [0.25, 0.3) is 33.1 Å². The molecule has 10 nitrogen and oxygen atoms in total. The Hall–Kier alpha value is -4.05. The van der Waals surface area contributed by atoms with E-state index in [1.54, 1.807) is 42.5 Å². The molecule has 0 bridgehead atoms. The molecule has 264 valence electrons. The molecule has 1 aliphatic rings. The monoisotopic (exact) mass is 692 g/mol. The van der Waals surface area contributed by atoms with Crippen LogP contribution in [0.3, 0.4) is 0 Å². The largest absolute Gasteiger partial charge is 0.444 e. The third kappa shape index (κ3) is 7.74. The van der Waals surface area contributed by atoms with Crippen LogP contribution < -0.4 is 0 Å². The number of nitrogens with zero attached hydrogens (tertiary/aromatic N) is 4. The molecule has 0 aliphatic carbocycles. The SMILES string of the molecule is CC(C)c1c(-c2ccc(Cl)c3c2cnn3C(=O)OC(C)(C)C)n(C(=O)OC(C)(C)C)c2ccc(C3CCN(C(=O)OC(C)(C)C)CC3)cc12. The molecule has 4 aromatic rings. The molecular formula is C38H49ClN4O6. The highest BCUT2D eigenvalue weighted by atomic mass is 35.5. The summed E-state index contributed by atoms with van der Waals surface area (Å²) in [6.07, 6.45) is 1.73. The van der Waals surface area contributed by atoms with Gasteiger partial charge in [-0.2, -0.15) is 9.78 Å². The minimum Gasteiger partial charge on any atom is -0.444 e. The first-order chi connectivity index (χ1) is 22.6. The maximum Gasteiger partial charge on any atom is 0.435 e. The van der Waals surface area contributed by atoms with Gasteiger partial charge in [0, 0.05) is 29.4 Å². The predicted octanol–water partition coefficient (Wildman–Crippen LogP) is 10.1. The summed E-state index contributed by atoms with van der Waals surface area (Å²) in [6.45, 7) is 21.9. The Bertz CT molecular complexity index is 1910. The molecule has 3 heterocycles. The van der Waals surface area contributed by atoms with E-state index in [0.717, 1.165) is 29.4 Å². The van der Waals surface area contributed by atoms with E-state index in [-0.39, 0.29) is 17.9 Å².